The molecule has 178 valence electrons. The van der Waals surface area contributed by atoms with Crippen LogP contribution in [0.1, 0.15) is 33.6 Å². The van der Waals surface area contributed by atoms with E-state index in [9.17, 15) is 9.59 Å². The van der Waals surface area contributed by atoms with E-state index in [1.165, 1.54) is 6.07 Å². The SMILES string of the molecule is CC(C)(C)OC(=O)N1CCC(Nc2ncc(Cl)c(-c3cccc(-n4ccccc4=O)c3)n2)CC1. The summed E-state index contributed by atoms with van der Waals surface area (Å²) in [5.41, 5.74) is 1.46. The van der Waals surface area contributed by atoms with Crippen LogP contribution in [0.5, 0.6) is 0 Å². The highest BCUT2D eigenvalue weighted by molar-refractivity contribution is 6.32. The van der Waals surface area contributed by atoms with Crippen molar-refractivity contribution in [2.24, 2.45) is 0 Å². The summed E-state index contributed by atoms with van der Waals surface area (Å²) in [6.07, 6.45) is 4.52. The predicted molar refractivity (Wildman–Crippen MR) is 133 cm³/mol. The van der Waals surface area contributed by atoms with Crippen molar-refractivity contribution in [2.75, 3.05) is 18.4 Å². The Kier molecular flexibility index (Phi) is 6.88. The molecule has 0 radical (unpaired) electrons. The Bertz CT molecular complexity index is 1230. The van der Waals surface area contributed by atoms with E-state index in [0.717, 1.165) is 24.1 Å². The minimum absolute atomic E-state index is 0.117. The van der Waals surface area contributed by atoms with E-state index in [0.29, 0.717) is 29.8 Å². The average Bonchev–Trinajstić information content (AvgIpc) is 2.80. The number of ether oxygens (including phenoxy) is 1. The first-order chi connectivity index (χ1) is 16.2. The molecule has 9 heteroatoms. The fourth-order valence-corrected chi connectivity index (χ4v) is 4.00. The van der Waals surface area contributed by atoms with Gasteiger partial charge in [-0.15, -0.1) is 0 Å². The van der Waals surface area contributed by atoms with Crippen LogP contribution in [0.15, 0.2) is 59.7 Å². The van der Waals surface area contributed by atoms with Crippen LogP contribution in [0.3, 0.4) is 0 Å². The zero-order valence-corrected chi connectivity index (χ0v) is 20.2. The van der Waals surface area contributed by atoms with Crippen LogP contribution in [-0.4, -0.2) is 50.3 Å². The smallest absolute Gasteiger partial charge is 0.410 e. The molecular formula is C25H28ClN5O3. The number of piperidine rings is 1. The summed E-state index contributed by atoms with van der Waals surface area (Å²) < 4.78 is 7.03. The number of carbonyl (C=O) groups is 1. The fraction of sp³-hybridized carbons (Fsp3) is 0.360. The second-order valence-electron chi connectivity index (χ2n) is 9.24. The summed E-state index contributed by atoms with van der Waals surface area (Å²) in [4.78, 5) is 35.2. The quantitative estimate of drug-likeness (QED) is 0.578. The Labute approximate surface area is 203 Å². The Balaban J connectivity index is 1.47. The lowest BCUT2D eigenvalue weighted by molar-refractivity contribution is 0.0210. The molecule has 0 aliphatic carbocycles. The molecule has 8 nitrogen and oxygen atoms in total. The average molecular weight is 482 g/mol. The summed E-state index contributed by atoms with van der Waals surface area (Å²) in [5, 5.41) is 3.79. The molecule has 0 unspecified atom stereocenters. The molecule has 2 aromatic heterocycles. The topological polar surface area (TPSA) is 89.4 Å². The molecule has 0 bridgehead atoms. The van der Waals surface area contributed by atoms with Crippen molar-refractivity contribution < 1.29 is 9.53 Å². The van der Waals surface area contributed by atoms with Gasteiger partial charge in [-0.25, -0.2) is 14.8 Å². The van der Waals surface area contributed by atoms with Gasteiger partial charge in [-0.3, -0.25) is 9.36 Å². The molecule has 1 fully saturated rings. The molecule has 1 saturated heterocycles. The van der Waals surface area contributed by atoms with Gasteiger partial charge in [0.05, 0.1) is 16.9 Å². The van der Waals surface area contributed by atoms with Crippen molar-refractivity contribution in [3.05, 3.63) is 70.2 Å². The number of pyridine rings is 1. The summed E-state index contributed by atoms with van der Waals surface area (Å²) in [5.74, 6) is 0.470. The van der Waals surface area contributed by atoms with Gasteiger partial charge in [-0.1, -0.05) is 29.8 Å². The van der Waals surface area contributed by atoms with Gasteiger partial charge >= 0.3 is 6.09 Å². The molecule has 1 aromatic carbocycles. The standard InChI is InChI=1S/C25H28ClN5O3/c1-25(2,3)34-24(33)30-13-10-18(11-14-30)28-23-27-16-20(26)22(29-23)17-7-6-8-19(15-17)31-12-5-4-9-21(31)32/h4-9,12,15-16,18H,10-11,13-14H2,1-3H3,(H,27,28,29). The van der Waals surface area contributed by atoms with Gasteiger partial charge < -0.3 is 15.0 Å². The molecule has 4 rings (SSSR count). The molecule has 0 saturated carbocycles. The number of benzene rings is 1. The van der Waals surface area contributed by atoms with Crippen molar-refractivity contribution in [2.45, 2.75) is 45.3 Å². The Morgan fingerprint density at radius 1 is 1.15 bits per heavy atom. The monoisotopic (exact) mass is 481 g/mol. The van der Waals surface area contributed by atoms with Gasteiger partial charge in [0.2, 0.25) is 5.95 Å². The van der Waals surface area contributed by atoms with Gasteiger partial charge in [-0.05, 0) is 51.8 Å². The molecule has 1 amide bonds. The summed E-state index contributed by atoms with van der Waals surface area (Å²) in [6, 6.07) is 12.7. The fourth-order valence-electron chi connectivity index (χ4n) is 3.80. The molecular weight excluding hydrogens is 454 g/mol. The third-order valence-electron chi connectivity index (χ3n) is 5.44. The van der Waals surface area contributed by atoms with Crippen molar-refractivity contribution in [1.82, 2.24) is 19.4 Å². The number of nitrogens with one attached hydrogen (secondary N) is 1. The van der Waals surface area contributed by atoms with Crippen LogP contribution in [-0.2, 0) is 4.74 Å². The van der Waals surface area contributed by atoms with E-state index >= 15 is 0 Å². The number of nitrogens with zero attached hydrogens (tertiary/aromatic N) is 4. The second-order valence-corrected chi connectivity index (χ2v) is 9.64. The first-order valence-electron chi connectivity index (χ1n) is 11.2. The van der Waals surface area contributed by atoms with Crippen molar-refractivity contribution >= 4 is 23.6 Å². The lowest BCUT2D eigenvalue weighted by Gasteiger charge is -2.33. The van der Waals surface area contributed by atoms with Crippen LogP contribution >= 0.6 is 11.6 Å². The lowest BCUT2D eigenvalue weighted by Crippen LogP contribution is -2.44. The molecule has 34 heavy (non-hydrogen) atoms. The molecule has 3 heterocycles. The minimum Gasteiger partial charge on any atom is -0.444 e. The third kappa shape index (κ3) is 5.75. The van der Waals surface area contributed by atoms with Crippen LogP contribution < -0.4 is 10.9 Å². The lowest BCUT2D eigenvalue weighted by atomic mass is 10.1. The Hall–Kier alpha value is -3.39. The second kappa shape index (κ2) is 9.85. The van der Waals surface area contributed by atoms with Gasteiger partial charge in [0.1, 0.15) is 5.60 Å². The van der Waals surface area contributed by atoms with E-state index < -0.39 is 5.60 Å². The van der Waals surface area contributed by atoms with Gasteiger partial charge in [-0.2, -0.15) is 0 Å². The van der Waals surface area contributed by atoms with Crippen LogP contribution in [0.4, 0.5) is 10.7 Å². The number of anilines is 1. The van der Waals surface area contributed by atoms with Crippen LogP contribution in [0, 0.1) is 0 Å². The zero-order valence-electron chi connectivity index (χ0n) is 19.5. The van der Waals surface area contributed by atoms with E-state index in [1.807, 2.05) is 51.1 Å². The number of carbonyl (C=O) groups excluding carboxylic acids is 1. The number of aromatic nitrogens is 3. The van der Waals surface area contributed by atoms with Crippen molar-refractivity contribution in [3.63, 3.8) is 0 Å². The van der Waals surface area contributed by atoms with Gasteiger partial charge in [0, 0.05) is 42.6 Å². The van der Waals surface area contributed by atoms with Gasteiger partial charge in [0.15, 0.2) is 0 Å². The molecule has 1 aliphatic rings. The largest absolute Gasteiger partial charge is 0.444 e. The maximum atomic E-state index is 12.3. The Morgan fingerprint density at radius 2 is 1.91 bits per heavy atom. The highest BCUT2D eigenvalue weighted by Crippen LogP contribution is 2.28. The highest BCUT2D eigenvalue weighted by atomic mass is 35.5. The van der Waals surface area contributed by atoms with Crippen molar-refractivity contribution in [3.8, 4) is 16.9 Å². The van der Waals surface area contributed by atoms with E-state index in [-0.39, 0.29) is 17.7 Å². The number of hydrogen-bond donors (Lipinski definition) is 1. The maximum Gasteiger partial charge on any atom is 0.410 e. The van der Waals surface area contributed by atoms with E-state index in [4.69, 9.17) is 16.3 Å². The predicted octanol–water partition coefficient (Wildman–Crippen LogP) is 4.76. The first-order valence-corrected chi connectivity index (χ1v) is 11.6. The number of rotatable bonds is 4. The molecule has 0 spiro atoms. The summed E-state index contributed by atoms with van der Waals surface area (Å²) >= 11 is 6.43. The van der Waals surface area contributed by atoms with E-state index in [1.54, 1.807) is 27.9 Å². The first kappa shape index (κ1) is 23.8. The number of likely N-dealkylation sites (tertiary alicyclic amines) is 1. The van der Waals surface area contributed by atoms with Crippen LogP contribution in [0.25, 0.3) is 16.9 Å². The zero-order chi connectivity index (χ0) is 24.3. The van der Waals surface area contributed by atoms with Gasteiger partial charge in [0.25, 0.3) is 5.56 Å². The van der Waals surface area contributed by atoms with E-state index in [2.05, 4.69) is 15.3 Å². The Morgan fingerprint density at radius 3 is 2.62 bits per heavy atom. The minimum atomic E-state index is -0.509. The normalized spacial score (nSPS) is 14.6. The summed E-state index contributed by atoms with van der Waals surface area (Å²) in [7, 11) is 0. The van der Waals surface area contributed by atoms with Crippen LogP contribution in [0.2, 0.25) is 5.02 Å². The maximum absolute atomic E-state index is 12.3. The number of halogens is 1. The summed E-state index contributed by atoms with van der Waals surface area (Å²) in [6.45, 7) is 6.79. The number of hydrogen-bond acceptors (Lipinski definition) is 6. The molecule has 3 aromatic rings. The third-order valence-corrected chi connectivity index (χ3v) is 5.72. The van der Waals surface area contributed by atoms with Crippen molar-refractivity contribution in [1.29, 1.82) is 0 Å². The molecule has 0 atom stereocenters. The number of amides is 1. The molecule has 1 aliphatic heterocycles. The highest BCUT2D eigenvalue weighted by Gasteiger charge is 2.27. The molecule has 1 N–H and O–H groups in total.